The lowest BCUT2D eigenvalue weighted by molar-refractivity contribution is 0.669. The lowest BCUT2D eigenvalue weighted by atomic mass is 9.90. The molecule has 10 aromatic carbocycles. The van der Waals surface area contributed by atoms with Gasteiger partial charge in [-0.25, -0.2) is 0 Å². The minimum absolute atomic E-state index is 0.912. The molecule has 0 radical (unpaired) electrons. The van der Waals surface area contributed by atoms with Crippen LogP contribution < -0.4 is 4.90 Å². The number of nitrogens with zero attached hydrogens (tertiary/aromatic N) is 1. The fraction of sp³-hybridized carbons (Fsp3) is 0. The van der Waals surface area contributed by atoms with Crippen molar-refractivity contribution in [3.05, 3.63) is 200 Å². The topological polar surface area (TPSA) is 16.4 Å². The van der Waals surface area contributed by atoms with E-state index in [4.69, 9.17) is 4.42 Å². The Bertz CT molecular complexity index is 3160. The van der Waals surface area contributed by atoms with Gasteiger partial charge < -0.3 is 9.32 Å². The molecular formula is C52H33NO. The molecule has 252 valence electrons. The maximum Gasteiger partial charge on any atom is 0.136 e. The standard InChI is InChI=1S/C52H33NO/c1-2-12-34(13-3-1)35-24-28-38(29-25-35)53(39-30-26-37(27-31-39)41-20-10-15-36-14-4-5-16-40(36)41)47-22-11-21-43-45-32-33-49-52(46-19-8-9-23-48(46)54-49)51(45)44-18-7-6-17-42(44)50(43)47/h1-33H. The summed E-state index contributed by atoms with van der Waals surface area (Å²) in [5, 5.41) is 12.1. The van der Waals surface area contributed by atoms with E-state index in [9.17, 15) is 0 Å². The van der Waals surface area contributed by atoms with Crippen LogP contribution in [0.3, 0.4) is 0 Å². The van der Waals surface area contributed by atoms with E-state index in [2.05, 4.69) is 199 Å². The van der Waals surface area contributed by atoms with E-state index < -0.39 is 0 Å². The monoisotopic (exact) mass is 687 g/mol. The van der Waals surface area contributed by atoms with Gasteiger partial charge in [0.1, 0.15) is 11.2 Å². The molecule has 0 spiro atoms. The Morgan fingerprint density at radius 2 is 0.833 bits per heavy atom. The molecule has 0 saturated carbocycles. The smallest absolute Gasteiger partial charge is 0.136 e. The number of hydrogen-bond donors (Lipinski definition) is 0. The molecule has 1 aromatic heterocycles. The van der Waals surface area contributed by atoms with Gasteiger partial charge >= 0.3 is 0 Å². The number of rotatable bonds is 5. The lowest BCUT2D eigenvalue weighted by Crippen LogP contribution is -2.10. The predicted octanol–water partition coefficient (Wildman–Crippen LogP) is 15.0. The molecular weight excluding hydrogens is 655 g/mol. The molecule has 11 aromatic rings. The van der Waals surface area contributed by atoms with Crippen molar-refractivity contribution in [3.8, 4) is 22.3 Å². The SMILES string of the molecule is c1ccc(-c2ccc(N(c3ccc(-c4cccc5ccccc45)cc3)c3cccc4c5ccc6oc7ccccc7c6c5c5ccccc5c34)cc2)cc1. The Kier molecular flexibility index (Phi) is 6.90. The van der Waals surface area contributed by atoms with E-state index in [1.807, 2.05) is 6.07 Å². The van der Waals surface area contributed by atoms with Crippen molar-refractivity contribution in [1.29, 1.82) is 0 Å². The molecule has 0 aliphatic carbocycles. The van der Waals surface area contributed by atoms with Gasteiger partial charge in [0.05, 0.1) is 5.69 Å². The van der Waals surface area contributed by atoms with Crippen LogP contribution in [0.25, 0.3) is 87.3 Å². The molecule has 11 rings (SSSR count). The van der Waals surface area contributed by atoms with Crippen molar-refractivity contribution in [2.75, 3.05) is 4.90 Å². The molecule has 0 bridgehead atoms. The van der Waals surface area contributed by atoms with Crippen LogP contribution in [0.4, 0.5) is 17.1 Å². The fourth-order valence-corrected chi connectivity index (χ4v) is 8.60. The second kappa shape index (κ2) is 12.2. The summed E-state index contributed by atoms with van der Waals surface area (Å²) in [6, 6.07) is 72.2. The zero-order valence-electron chi connectivity index (χ0n) is 29.4. The van der Waals surface area contributed by atoms with Gasteiger partial charge in [-0.2, -0.15) is 0 Å². The first-order valence-electron chi connectivity index (χ1n) is 18.5. The first-order chi connectivity index (χ1) is 26.8. The second-order valence-corrected chi connectivity index (χ2v) is 14.0. The van der Waals surface area contributed by atoms with Crippen molar-refractivity contribution < 1.29 is 4.42 Å². The number of fused-ring (bicyclic) bond motifs is 11. The molecule has 0 atom stereocenters. The van der Waals surface area contributed by atoms with Crippen LogP contribution in [0.5, 0.6) is 0 Å². The number of hydrogen-bond acceptors (Lipinski definition) is 2. The second-order valence-electron chi connectivity index (χ2n) is 14.0. The maximum atomic E-state index is 6.40. The first-order valence-corrected chi connectivity index (χ1v) is 18.5. The quantitative estimate of drug-likeness (QED) is 0.168. The minimum atomic E-state index is 0.912. The van der Waals surface area contributed by atoms with Crippen LogP contribution >= 0.6 is 0 Å². The summed E-state index contributed by atoms with van der Waals surface area (Å²) in [6.45, 7) is 0. The predicted molar refractivity (Wildman–Crippen MR) is 229 cm³/mol. The van der Waals surface area contributed by atoms with E-state index >= 15 is 0 Å². The highest BCUT2D eigenvalue weighted by Crippen LogP contribution is 2.47. The molecule has 0 saturated heterocycles. The molecule has 0 N–H and O–H groups in total. The highest BCUT2D eigenvalue weighted by Gasteiger charge is 2.21. The van der Waals surface area contributed by atoms with Crippen LogP contribution in [0, 0.1) is 0 Å². The van der Waals surface area contributed by atoms with Gasteiger partial charge in [0.2, 0.25) is 0 Å². The highest BCUT2D eigenvalue weighted by molar-refractivity contribution is 6.36. The summed E-state index contributed by atoms with van der Waals surface area (Å²) in [4.78, 5) is 2.42. The number of para-hydroxylation sites is 1. The van der Waals surface area contributed by atoms with Gasteiger partial charge in [0.15, 0.2) is 0 Å². The normalized spacial score (nSPS) is 11.7. The summed E-state index contributed by atoms with van der Waals surface area (Å²) in [5.74, 6) is 0. The fourth-order valence-electron chi connectivity index (χ4n) is 8.60. The molecule has 0 aliphatic rings. The lowest BCUT2D eigenvalue weighted by Gasteiger charge is -2.28. The van der Waals surface area contributed by atoms with E-state index in [0.29, 0.717) is 0 Å². The molecule has 1 heterocycles. The number of anilines is 3. The summed E-state index contributed by atoms with van der Waals surface area (Å²) in [5.41, 5.74) is 9.98. The molecule has 2 nitrogen and oxygen atoms in total. The number of furan rings is 1. The van der Waals surface area contributed by atoms with Gasteiger partial charge in [-0.05, 0) is 103 Å². The zero-order valence-corrected chi connectivity index (χ0v) is 29.4. The van der Waals surface area contributed by atoms with Gasteiger partial charge in [-0.3, -0.25) is 0 Å². The van der Waals surface area contributed by atoms with Crippen LogP contribution in [-0.4, -0.2) is 0 Å². The highest BCUT2D eigenvalue weighted by atomic mass is 16.3. The Morgan fingerprint density at radius 1 is 0.296 bits per heavy atom. The van der Waals surface area contributed by atoms with Gasteiger partial charge in [0.25, 0.3) is 0 Å². The summed E-state index contributed by atoms with van der Waals surface area (Å²) in [6.07, 6.45) is 0. The Labute approximate surface area is 312 Å². The van der Waals surface area contributed by atoms with Crippen molar-refractivity contribution in [3.63, 3.8) is 0 Å². The summed E-state index contributed by atoms with van der Waals surface area (Å²) < 4.78 is 6.40. The molecule has 0 fully saturated rings. The molecule has 2 heteroatoms. The Hall–Kier alpha value is -7.16. The molecule has 0 unspecified atom stereocenters. The third-order valence-electron chi connectivity index (χ3n) is 11.0. The molecule has 0 amide bonds. The van der Waals surface area contributed by atoms with E-state index in [0.717, 1.165) is 33.6 Å². The largest absolute Gasteiger partial charge is 0.456 e. The zero-order chi connectivity index (χ0) is 35.6. The number of benzene rings is 10. The molecule has 0 aliphatic heterocycles. The van der Waals surface area contributed by atoms with Crippen molar-refractivity contribution in [2.45, 2.75) is 0 Å². The van der Waals surface area contributed by atoms with Crippen molar-refractivity contribution in [1.82, 2.24) is 0 Å². The van der Waals surface area contributed by atoms with Crippen molar-refractivity contribution in [2.24, 2.45) is 0 Å². The third kappa shape index (κ3) is 4.74. The van der Waals surface area contributed by atoms with E-state index in [-0.39, 0.29) is 0 Å². The van der Waals surface area contributed by atoms with Gasteiger partial charge in [0, 0.05) is 32.9 Å². The summed E-state index contributed by atoms with van der Waals surface area (Å²) in [7, 11) is 0. The summed E-state index contributed by atoms with van der Waals surface area (Å²) >= 11 is 0. The van der Waals surface area contributed by atoms with Crippen LogP contribution in [0.2, 0.25) is 0 Å². The Morgan fingerprint density at radius 3 is 1.59 bits per heavy atom. The Balaban J connectivity index is 1.17. The maximum absolute atomic E-state index is 6.40. The third-order valence-corrected chi connectivity index (χ3v) is 11.0. The van der Waals surface area contributed by atoms with Crippen molar-refractivity contribution >= 4 is 82.1 Å². The molecule has 54 heavy (non-hydrogen) atoms. The average molecular weight is 688 g/mol. The van der Waals surface area contributed by atoms with Gasteiger partial charge in [-0.15, -0.1) is 0 Å². The first kappa shape index (κ1) is 30.5. The average Bonchev–Trinajstić information content (AvgIpc) is 3.63. The van der Waals surface area contributed by atoms with Crippen LogP contribution in [0.1, 0.15) is 0 Å². The van der Waals surface area contributed by atoms with E-state index in [1.165, 1.54) is 70.7 Å². The minimum Gasteiger partial charge on any atom is -0.456 e. The van der Waals surface area contributed by atoms with Crippen LogP contribution in [0.15, 0.2) is 205 Å². The van der Waals surface area contributed by atoms with E-state index in [1.54, 1.807) is 0 Å². The van der Waals surface area contributed by atoms with Gasteiger partial charge in [-0.1, -0.05) is 152 Å². The van der Waals surface area contributed by atoms with Crippen LogP contribution in [-0.2, 0) is 0 Å².